The topological polar surface area (TPSA) is 49.4 Å². The van der Waals surface area contributed by atoms with Crippen LogP contribution in [-0.4, -0.2) is 34.6 Å². The summed E-state index contributed by atoms with van der Waals surface area (Å²) < 4.78 is 0. The van der Waals surface area contributed by atoms with Crippen molar-refractivity contribution in [3.05, 3.63) is 68.7 Å². The summed E-state index contributed by atoms with van der Waals surface area (Å²) in [5.74, 6) is 0.607. The van der Waals surface area contributed by atoms with E-state index in [4.69, 9.17) is 34.8 Å². The van der Waals surface area contributed by atoms with Gasteiger partial charge in [-0.2, -0.15) is 0 Å². The largest absolute Gasteiger partial charge is 0.352 e. The van der Waals surface area contributed by atoms with Gasteiger partial charge < -0.3 is 10.2 Å². The molecule has 2 aromatic rings. The molecule has 0 unspecified atom stereocenters. The number of thioether (sulfide) groups is 1. The molecule has 178 valence electrons. The molecule has 33 heavy (non-hydrogen) atoms. The fourth-order valence-corrected chi connectivity index (χ4v) is 5.63. The molecule has 1 aliphatic carbocycles. The van der Waals surface area contributed by atoms with E-state index in [1.54, 1.807) is 30.0 Å². The average molecular weight is 528 g/mol. The second-order valence-electron chi connectivity index (χ2n) is 8.40. The van der Waals surface area contributed by atoms with Crippen LogP contribution in [0.2, 0.25) is 15.1 Å². The van der Waals surface area contributed by atoms with Crippen molar-refractivity contribution in [2.24, 2.45) is 0 Å². The first-order valence-electron chi connectivity index (χ1n) is 11.2. The van der Waals surface area contributed by atoms with E-state index in [1.165, 1.54) is 18.2 Å². The first kappa shape index (κ1) is 26.2. The van der Waals surface area contributed by atoms with Crippen LogP contribution < -0.4 is 5.32 Å². The van der Waals surface area contributed by atoms with E-state index in [0.29, 0.717) is 27.4 Å². The highest BCUT2D eigenvalue weighted by Crippen LogP contribution is 2.25. The zero-order chi connectivity index (χ0) is 23.8. The minimum absolute atomic E-state index is 0.101. The van der Waals surface area contributed by atoms with Gasteiger partial charge in [-0.25, -0.2) is 0 Å². The Bertz CT molecular complexity index is 966. The number of carbonyl (C=O) groups excluding carboxylic acids is 2. The minimum Gasteiger partial charge on any atom is -0.352 e. The Hall–Kier alpha value is -1.40. The smallest absolute Gasteiger partial charge is 0.242 e. The Morgan fingerprint density at radius 3 is 2.48 bits per heavy atom. The predicted molar refractivity (Wildman–Crippen MR) is 139 cm³/mol. The lowest BCUT2D eigenvalue weighted by Gasteiger charge is -2.31. The van der Waals surface area contributed by atoms with Gasteiger partial charge >= 0.3 is 0 Å². The summed E-state index contributed by atoms with van der Waals surface area (Å²) in [6.07, 6.45) is 5.48. The van der Waals surface area contributed by atoms with E-state index < -0.39 is 6.04 Å². The van der Waals surface area contributed by atoms with Crippen LogP contribution in [0.4, 0.5) is 0 Å². The van der Waals surface area contributed by atoms with E-state index >= 15 is 0 Å². The molecule has 1 atom stereocenters. The second-order valence-corrected chi connectivity index (χ2v) is 10.7. The molecule has 3 rings (SSSR count). The molecule has 2 amide bonds. The lowest BCUT2D eigenvalue weighted by molar-refractivity contribution is -0.139. The summed E-state index contributed by atoms with van der Waals surface area (Å²) in [6.45, 7) is 2.11. The summed E-state index contributed by atoms with van der Waals surface area (Å²) in [7, 11) is 0. The molecule has 0 bridgehead atoms. The van der Waals surface area contributed by atoms with Crippen LogP contribution in [0.3, 0.4) is 0 Å². The van der Waals surface area contributed by atoms with Gasteiger partial charge in [0.15, 0.2) is 0 Å². The molecular weight excluding hydrogens is 499 g/mol. The number of hydrogen-bond acceptors (Lipinski definition) is 3. The van der Waals surface area contributed by atoms with Gasteiger partial charge in [0.1, 0.15) is 6.04 Å². The normalized spacial score (nSPS) is 15.2. The number of halogens is 3. The van der Waals surface area contributed by atoms with Crippen molar-refractivity contribution in [1.82, 2.24) is 10.2 Å². The Morgan fingerprint density at radius 1 is 1.06 bits per heavy atom. The van der Waals surface area contributed by atoms with Gasteiger partial charge in [-0.3, -0.25) is 9.59 Å². The number of benzene rings is 2. The molecule has 1 aliphatic rings. The van der Waals surface area contributed by atoms with E-state index in [1.807, 2.05) is 24.3 Å². The third kappa shape index (κ3) is 8.10. The highest BCUT2D eigenvalue weighted by atomic mass is 35.5. The zero-order valence-electron chi connectivity index (χ0n) is 18.7. The van der Waals surface area contributed by atoms with Crippen molar-refractivity contribution in [2.75, 3.05) is 5.75 Å². The predicted octanol–water partition coefficient (Wildman–Crippen LogP) is 6.75. The van der Waals surface area contributed by atoms with Gasteiger partial charge in [0.25, 0.3) is 0 Å². The summed E-state index contributed by atoms with van der Waals surface area (Å²) >= 11 is 19.8. The molecule has 1 saturated carbocycles. The maximum atomic E-state index is 13.2. The lowest BCUT2D eigenvalue weighted by atomic mass is 9.95. The van der Waals surface area contributed by atoms with Crippen LogP contribution in [-0.2, 0) is 21.9 Å². The molecule has 0 aromatic heterocycles. The number of carbonyl (C=O) groups is 2. The summed E-state index contributed by atoms with van der Waals surface area (Å²) in [6, 6.07) is 12.3. The average Bonchev–Trinajstić information content (AvgIpc) is 2.79. The maximum Gasteiger partial charge on any atom is 0.242 e. The quantitative estimate of drug-likeness (QED) is 0.392. The lowest BCUT2D eigenvalue weighted by Crippen LogP contribution is -2.50. The molecule has 0 aliphatic heterocycles. The first-order valence-corrected chi connectivity index (χ1v) is 13.5. The second kappa shape index (κ2) is 12.9. The van der Waals surface area contributed by atoms with E-state index in [0.717, 1.165) is 36.8 Å². The van der Waals surface area contributed by atoms with Crippen molar-refractivity contribution in [3.8, 4) is 0 Å². The number of rotatable bonds is 9. The van der Waals surface area contributed by atoms with Crippen LogP contribution in [0.25, 0.3) is 0 Å². The van der Waals surface area contributed by atoms with Gasteiger partial charge in [0.2, 0.25) is 11.8 Å². The molecule has 1 fully saturated rings. The zero-order valence-corrected chi connectivity index (χ0v) is 21.7. The number of hydrogen-bond donors (Lipinski definition) is 1. The highest BCUT2D eigenvalue weighted by Gasteiger charge is 2.28. The third-order valence-corrected chi connectivity index (χ3v) is 7.65. The highest BCUT2D eigenvalue weighted by molar-refractivity contribution is 7.99. The van der Waals surface area contributed by atoms with Crippen LogP contribution >= 0.6 is 46.6 Å². The minimum atomic E-state index is -0.585. The van der Waals surface area contributed by atoms with Crippen molar-refractivity contribution >= 4 is 58.4 Å². The standard InChI is InChI=1S/C25H29Cl3N2O2S/c1-17(25(32)29-22-8-3-2-4-9-22)30(14-18-6-5-7-20(26)12-18)24(31)16-33-15-19-10-11-21(27)13-23(19)28/h5-7,10-13,17,22H,2-4,8-9,14-16H2,1H3,(H,29,32)/t17-/m0/s1. The van der Waals surface area contributed by atoms with Crippen LogP contribution in [0.5, 0.6) is 0 Å². The molecular formula is C25H29Cl3N2O2S. The Morgan fingerprint density at radius 2 is 1.79 bits per heavy atom. The monoisotopic (exact) mass is 526 g/mol. The number of nitrogens with zero attached hydrogens (tertiary/aromatic N) is 1. The number of nitrogens with one attached hydrogen (secondary N) is 1. The molecule has 2 aromatic carbocycles. The molecule has 0 radical (unpaired) electrons. The van der Waals surface area contributed by atoms with Crippen LogP contribution in [0.15, 0.2) is 42.5 Å². The Labute approximate surface area is 215 Å². The molecule has 1 N–H and O–H groups in total. The van der Waals surface area contributed by atoms with Gasteiger partial charge in [0, 0.05) is 33.4 Å². The molecule has 0 saturated heterocycles. The van der Waals surface area contributed by atoms with E-state index in [2.05, 4.69) is 5.32 Å². The van der Waals surface area contributed by atoms with Crippen LogP contribution in [0.1, 0.15) is 50.2 Å². The Kier molecular flexibility index (Phi) is 10.2. The summed E-state index contributed by atoms with van der Waals surface area (Å²) in [4.78, 5) is 27.9. The first-order chi connectivity index (χ1) is 15.8. The number of amides is 2. The molecule has 0 spiro atoms. The molecule has 4 nitrogen and oxygen atoms in total. The van der Waals surface area contributed by atoms with Crippen molar-refractivity contribution in [3.63, 3.8) is 0 Å². The maximum absolute atomic E-state index is 13.2. The van der Waals surface area contributed by atoms with Gasteiger partial charge in [0.05, 0.1) is 5.75 Å². The summed E-state index contributed by atoms with van der Waals surface area (Å²) in [5.41, 5.74) is 1.81. The summed E-state index contributed by atoms with van der Waals surface area (Å²) in [5, 5.41) is 4.91. The van der Waals surface area contributed by atoms with Crippen molar-refractivity contribution < 1.29 is 9.59 Å². The SMILES string of the molecule is C[C@@H](C(=O)NC1CCCCC1)N(Cc1cccc(Cl)c1)C(=O)CSCc1ccc(Cl)cc1Cl. The Balaban J connectivity index is 1.66. The van der Waals surface area contributed by atoms with E-state index in [-0.39, 0.29) is 23.6 Å². The van der Waals surface area contributed by atoms with E-state index in [9.17, 15) is 9.59 Å². The van der Waals surface area contributed by atoms with Crippen LogP contribution in [0, 0.1) is 0 Å². The molecule has 8 heteroatoms. The van der Waals surface area contributed by atoms with Crippen molar-refractivity contribution in [2.45, 2.75) is 63.4 Å². The molecule has 0 heterocycles. The third-order valence-electron chi connectivity index (χ3n) is 5.86. The fourth-order valence-electron chi connectivity index (χ4n) is 3.95. The van der Waals surface area contributed by atoms with Gasteiger partial charge in [-0.15, -0.1) is 11.8 Å². The van der Waals surface area contributed by atoms with Gasteiger partial charge in [-0.1, -0.05) is 72.3 Å². The fraction of sp³-hybridized carbons (Fsp3) is 0.440. The van der Waals surface area contributed by atoms with Crippen molar-refractivity contribution in [1.29, 1.82) is 0 Å². The van der Waals surface area contributed by atoms with Gasteiger partial charge in [-0.05, 0) is 55.2 Å².